The molecule has 0 saturated carbocycles. The first-order valence-electron chi connectivity index (χ1n) is 5.00. The molecule has 0 amide bonds. The van der Waals surface area contributed by atoms with Gasteiger partial charge >= 0.3 is 0 Å². The Morgan fingerprint density at radius 1 is 1.00 bits per heavy atom. The summed E-state index contributed by atoms with van der Waals surface area (Å²) in [4.78, 5) is 0.544. The van der Waals surface area contributed by atoms with Crippen molar-refractivity contribution < 1.29 is 4.86 Å². The van der Waals surface area contributed by atoms with Gasteiger partial charge in [-0.15, -0.1) is 10.3 Å². The third-order valence-corrected chi connectivity index (χ3v) is 2.62. The zero-order valence-electron chi connectivity index (χ0n) is 8.88. The molecular weight excluding hydrogens is 282 g/mol. The van der Waals surface area contributed by atoms with Crippen molar-refractivity contribution in [2.75, 3.05) is 5.43 Å². The summed E-state index contributed by atoms with van der Waals surface area (Å²) >= 11 is 3.33. The minimum atomic E-state index is 0.483. The van der Waals surface area contributed by atoms with Crippen LogP contribution in [0, 0.1) is 5.21 Å². The molecule has 2 rings (SSSR count). The van der Waals surface area contributed by atoms with Crippen LogP contribution >= 0.6 is 15.9 Å². The molecule has 0 spiro atoms. The monoisotopic (exact) mass is 291 g/mol. The Morgan fingerprint density at radius 2 is 1.65 bits per heavy atom. The van der Waals surface area contributed by atoms with Crippen LogP contribution in [-0.4, -0.2) is 4.86 Å². The van der Waals surface area contributed by atoms with Gasteiger partial charge in [0.25, 0.3) is 0 Å². The highest BCUT2D eigenvalue weighted by Crippen LogP contribution is 2.15. The molecule has 0 bridgehead atoms. The molecule has 1 N–H and O–H groups in total. The van der Waals surface area contributed by atoms with E-state index in [9.17, 15) is 5.21 Å². The van der Waals surface area contributed by atoms with Crippen molar-refractivity contribution in [3.63, 3.8) is 0 Å². The van der Waals surface area contributed by atoms with Gasteiger partial charge in [-0.3, -0.25) is 0 Å². The van der Waals surface area contributed by atoms with Crippen LogP contribution in [0.5, 0.6) is 0 Å². The van der Waals surface area contributed by atoms with Gasteiger partial charge in [0.15, 0.2) is 5.69 Å². The molecule has 0 aliphatic carbocycles. The van der Waals surface area contributed by atoms with Crippen molar-refractivity contribution in [1.29, 1.82) is 0 Å². The van der Waals surface area contributed by atoms with E-state index in [1.165, 1.54) is 0 Å². The van der Waals surface area contributed by atoms with Crippen molar-refractivity contribution in [1.82, 2.24) is 0 Å². The summed E-state index contributed by atoms with van der Waals surface area (Å²) in [6, 6.07) is 16.2. The predicted octanol–water partition coefficient (Wildman–Crippen LogP) is 4.07. The van der Waals surface area contributed by atoms with Crippen LogP contribution in [0.3, 0.4) is 0 Å². The van der Waals surface area contributed by atoms with Crippen LogP contribution in [0.25, 0.3) is 0 Å². The molecule has 0 aromatic heterocycles. The van der Waals surface area contributed by atoms with Crippen LogP contribution in [0.2, 0.25) is 0 Å². The third kappa shape index (κ3) is 3.29. The van der Waals surface area contributed by atoms with Gasteiger partial charge in [0.2, 0.25) is 0 Å². The maximum absolute atomic E-state index is 11.6. The summed E-state index contributed by atoms with van der Waals surface area (Å²) in [7, 11) is 0. The van der Waals surface area contributed by atoms with Crippen molar-refractivity contribution in [2.24, 2.45) is 5.22 Å². The fraction of sp³-hybridized carbons (Fsp3) is 0. The molecule has 2 aromatic rings. The van der Waals surface area contributed by atoms with E-state index in [0.717, 1.165) is 10.2 Å². The summed E-state index contributed by atoms with van der Waals surface area (Å²) in [5.74, 6) is 0. The molecule has 17 heavy (non-hydrogen) atoms. The predicted molar refractivity (Wildman–Crippen MR) is 69.9 cm³/mol. The largest absolute Gasteiger partial charge is 0.691 e. The number of hydrogen-bond acceptors (Lipinski definition) is 2. The lowest BCUT2D eigenvalue weighted by atomic mass is 10.3. The molecule has 4 nitrogen and oxygen atoms in total. The second-order valence-electron chi connectivity index (χ2n) is 3.33. The molecule has 0 aliphatic rings. The second kappa shape index (κ2) is 5.45. The summed E-state index contributed by atoms with van der Waals surface area (Å²) in [6.07, 6.45) is 0. The molecule has 0 atom stereocenters. The van der Waals surface area contributed by atoms with Crippen molar-refractivity contribution in [3.05, 3.63) is 64.3 Å². The fourth-order valence-corrected chi connectivity index (χ4v) is 1.51. The third-order valence-electron chi connectivity index (χ3n) is 2.09. The second-order valence-corrected chi connectivity index (χ2v) is 4.24. The average molecular weight is 292 g/mol. The van der Waals surface area contributed by atoms with Gasteiger partial charge in [0.05, 0.1) is 5.22 Å². The summed E-state index contributed by atoms with van der Waals surface area (Å²) < 4.78 is 0.977. The standard InChI is InChI=1S/C12H10BrN3O/c13-10-6-8-11(9-7-10)14-15-16(17)12-4-2-1-3-5-12/h1-9,14H/b16-15-. The fourth-order valence-electron chi connectivity index (χ4n) is 1.24. The number of rotatable bonds is 3. The lowest BCUT2D eigenvalue weighted by Gasteiger charge is -2.04. The molecule has 0 fully saturated rings. The molecular formula is C12H10BrN3O. The minimum absolute atomic E-state index is 0.483. The van der Waals surface area contributed by atoms with E-state index in [2.05, 4.69) is 26.6 Å². The van der Waals surface area contributed by atoms with Gasteiger partial charge in [-0.2, -0.15) is 0 Å². The minimum Gasteiger partial charge on any atom is -0.691 e. The van der Waals surface area contributed by atoms with E-state index in [0.29, 0.717) is 10.5 Å². The van der Waals surface area contributed by atoms with Crippen LogP contribution in [0.15, 0.2) is 64.3 Å². The van der Waals surface area contributed by atoms with Gasteiger partial charge in [-0.1, -0.05) is 34.1 Å². The molecule has 0 heterocycles. The molecule has 86 valence electrons. The summed E-state index contributed by atoms with van der Waals surface area (Å²) in [6.45, 7) is 0. The topological polar surface area (TPSA) is 50.5 Å². The highest BCUT2D eigenvalue weighted by molar-refractivity contribution is 9.10. The quantitative estimate of drug-likeness (QED) is 0.526. The van der Waals surface area contributed by atoms with E-state index in [1.54, 1.807) is 24.3 Å². The number of nitrogens with one attached hydrogen (secondary N) is 1. The Hall–Kier alpha value is -1.88. The van der Waals surface area contributed by atoms with Crippen LogP contribution in [0.4, 0.5) is 11.4 Å². The average Bonchev–Trinajstić information content (AvgIpc) is 2.39. The maximum Gasteiger partial charge on any atom is 0.154 e. The zero-order valence-corrected chi connectivity index (χ0v) is 10.5. The molecule has 2 aromatic carbocycles. The SMILES string of the molecule is [O-]/[N+](=N\Nc1ccc(Br)cc1)c1ccccc1. The van der Waals surface area contributed by atoms with Crippen molar-refractivity contribution in [3.8, 4) is 0 Å². The molecule has 0 aliphatic heterocycles. The molecule has 0 radical (unpaired) electrons. The molecule has 0 unspecified atom stereocenters. The Kier molecular flexibility index (Phi) is 3.72. The molecule has 5 heteroatoms. The smallest absolute Gasteiger partial charge is 0.154 e. The number of para-hydroxylation sites is 1. The van der Waals surface area contributed by atoms with E-state index in [4.69, 9.17) is 0 Å². The highest BCUT2D eigenvalue weighted by atomic mass is 79.9. The normalized spacial score (nSPS) is 11.2. The van der Waals surface area contributed by atoms with Crippen molar-refractivity contribution >= 4 is 27.3 Å². The Labute approximate surface area is 107 Å². The van der Waals surface area contributed by atoms with Crippen LogP contribution in [0.1, 0.15) is 0 Å². The Morgan fingerprint density at radius 3 is 2.29 bits per heavy atom. The van der Waals surface area contributed by atoms with Gasteiger partial charge in [-0.25, -0.2) is 0 Å². The Balaban J connectivity index is 2.08. The zero-order chi connectivity index (χ0) is 12.1. The van der Waals surface area contributed by atoms with Gasteiger partial charge in [0.1, 0.15) is 5.69 Å². The molecule has 0 saturated heterocycles. The van der Waals surface area contributed by atoms with Gasteiger partial charge in [0, 0.05) is 4.47 Å². The van der Waals surface area contributed by atoms with Crippen molar-refractivity contribution in [2.45, 2.75) is 0 Å². The van der Waals surface area contributed by atoms with Crippen LogP contribution in [-0.2, 0) is 0 Å². The number of hydrogen-bond donors (Lipinski definition) is 1. The van der Waals surface area contributed by atoms with E-state index >= 15 is 0 Å². The lowest BCUT2D eigenvalue weighted by Crippen LogP contribution is -1.97. The summed E-state index contributed by atoms with van der Waals surface area (Å²) in [5, 5.41) is 15.3. The van der Waals surface area contributed by atoms with E-state index < -0.39 is 0 Å². The Bertz CT molecular complexity index is 511. The first-order chi connectivity index (χ1) is 8.25. The number of anilines is 1. The maximum atomic E-state index is 11.6. The van der Waals surface area contributed by atoms with Gasteiger partial charge in [-0.05, 0) is 36.4 Å². The highest BCUT2D eigenvalue weighted by Gasteiger charge is 1.98. The number of halogens is 1. The lowest BCUT2D eigenvalue weighted by molar-refractivity contribution is -0.439. The van der Waals surface area contributed by atoms with Crippen LogP contribution < -0.4 is 5.43 Å². The number of nitrogens with zero attached hydrogens (tertiary/aromatic N) is 2. The first-order valence-corrected chi connectivity index (χ1v) is 5.79. The number of benzene rings is 2. The first kappa shape index (κ1) is 11.6. The van der Waals surface area contributed by atoms with Gasteiger partial charge < -0.3 is 5.21 Å². The van der Waals surface area contributed by atoms with E-state index in [1.807, 2.05) is 30.3 Å². The summed E-state index contributed by atoms with van der Waals surface area (Å²) in [5.41, 5.74) is 3.93. The van der Waals surface area contributed by atoms with E-state index in [-0.39, 0.29) is 0 Å².